The highest BCUT2D eigenvalue weighted by molar-refractivity contribution is 6.09. The third kappa shape index (κ3) is 4.51. The smallest absolute Gasteiger partial charge is 0.335 e. The molecule has 4 atom stereocenters. The molecule has 1 aliphatic carbocycles. The van der Waals surface area contributed by atoms with Crippen molar-refractivity contribution in [1.82, 2.24) is 10.6 Å². The molecule has 0 bridgehead atoms. The Morgan fingerprint density at radius 2 is 0.786 bits per heavy atom. The van der Waals surface area contributed by atoms with Crippen molar-refractivity contribution in [1.29, 1.82) is 0 Å². The van der Waals surface area contributed by atoms with Crippen LogP contribution in [0.5, 0.6) is 0 Å². The number of ether oxygens (including phenoxy) is 2. The lowest BCUT2D eigenvalue weighted by Gasteiger charge is -2.65. The summed E-state index contributed by atoms with van der Waals surface area (Å²) in [5.74, 6) is -4.78. The van der Waals surface area contributed by atoms with Gasteiger partial charge in [0.2, 0.25) is 0 Å². The SMILES string of the molecule is COC(=O)C1(NC(=O)c2ccccc2)C(c2ccccc2)C(c2ccccc2)C1(NC(=O)c1ccccc1)C(=O)OC. The van der Waals surface area contributed by atoms with E-state index in [4.69, 9.17) is 9.47 Å². The number of esters is 2. The molecule has 0 heterocycles. The van der Waals surface area contributed by atoms with Gasteiger partial charge >= 0.3 is 11.9 Å². The van der Waals surface area contributed by atoms with Crippen LogP contribution in [0.4, 0.5) is 0 Å². The molecule has 1 aliphatic rings. The number of carbonyl (C=O) groups is 4. The number of nitrogens with one attached hydrogen (secondary N) is 2. The quantitative estimate of drug-likeness (QED) is 0.311. The number of hydrogen-bond donors (Lipinski definition) is 2. The highest BCUT2D eigenvalue weighted by Gasteiger charge is 2.82. The van der Waals surface area contributed by atoms with Crippen molar-refractivity contribution in [3.05, 3.63) is 144 Å². The van der Waals surface area contributed by atoms with Crippen LogP contribution in [-0.4, -0.2) is 49.1 Å². The molecule has 212 valence electrons. The summed E-state index contributed by atoms with van der Waals surface area (Å²) in [6, 6.07) is 34.7. The molecular formula is C34H30N2O6. The fraction of sp³-hybridized carbons (Fsp3) is 0.176. The van der Waals surface area contributed by atoms with Gasteiger partial charge in [0.05, 0.1) is 14.2 Å². The Kier molecular flexibility index (Phi) is 7.88. The maximum Gasteiger partial charge on any atom is 0.335 e. The van der Waals surface area contributed by atoms with E-state index >= 15 is 0 Å². The highest BCUT2D eigenvalue weighted by Crippen LogP contribution is 2.63. The Labute approximate surface area is 243 Å². The van der Waals surface area contributed by atoms with E-state index in [0.717, 1.165) is 0 Å². The molecule has 0 aliphatic heterocycles. The molecule has 1 saturated carbocycles. The van der Waals surface area contributed by atoms with E-state index in [1.54, 1.807) is 84.9 Å². The van der Waals surface area contributed by atoms with Gasteiger partial charge in [-0.1, -0.05) is 97.1 Å². The summed E-state index contributed by atoms with van der Waals surface area (Å²) >= 11 is 0. The van der Waals surface area contributed by atoms with E-state index in [9.17, 15) is 19.2 Å². The Bertz CT molecular complexity index is 1460. The highest BCUT2D eigenvalue weighted by atomic mass is 16.5. The lowest BCUT2D eigenvalue weighted by Crippen LogP contribution is -2.90. The molecule has 8 nitrogen and oxygen atoms in total. The third-order valence-corrected chi connectivity index (χ3v) is 7.91. The molecule has 42 heavy (non-hydrogen) atoms. The average molecular weight is 563 g/mol. The molecule has 2 N–H and O–H groups in total. The van der Waals surface area contributed by atoms with Crippen LogP contribution in [-0.2, 0) is 19.1 Å². The van der Waals surface area contributed by atoms with Crippen LogP contribution < -0.4 is 10.6 Å². The van der Waals surface area contributed by atoms with Gasteiger partial charge in [-0.3, -0.25) is 9.59 Å². The minimum atomic E-state index is -2.12. The number of rotatable bonds is 8. The number of methoxy groups -OCH3 is 2. The molecule has 2 amide bonds. The van der Waals surface area contributed by atoms with E-state index in [0.29, 0.717) is 11.1 Å². The van der Waals surface area contributed by atoms with Crippen LogP contribution >= 0.6 is 0 Å². The normalized spacial score (nSPS) is 22.6. The summed E-state index contributed by atoms with van der Waals surface area (Å²) in [7, 11) is 2.36. The topological polar surface area (TPSA) is 111 Å². The minimum Gasteiger partial charge on any atom is -0.467 e. The van der Waals surface area contributed by atoms with E-state index in [1.807, 2.05) is 36.4 Å². The summed E-state index contributed by atoms with van der Waals surface area (Å²) in [5.41, 5.74) is -2.42. The van der Waals surface area contributed by atoms with Crippen LogP contribution in [0.3, 0.4) is 0 Å². The molecule has 1 fully saturated rings. The van der Waals surface area contributed by atoms with Gasteiger partial charge in [0.1, 0.15) is 0 Å². The van der Waals surface area contributed by atoms with Gasteiger partial charge in [-0.05, 0) is 35.4 Å². The Balaban J connectivity index is 1.82. The summed E-state index contributed by atoms with van der Waals surface area (Å²) in [6.07, 6.45) is 0. The molecule has 4 unspecified atom stereocenters. The van der Waals surface area contributed by atoms with Gasteiger partial charge in [-0.2, -0.15) is 0 Å². The van der Waals surface area contributed by atoms with Crippen LogP contribution in [0.2, 0.25) is 0 Å². The van der Waals surface area contributed by atoms with Gasteiger partial charge in [-0.25, -0.2) is 9.59 Å². The Morgan fingerprint density at radius 3 is 1.07 bits per heavy atom. The van der Waals surface area contributed by atoms with Crippen molar-refractivity contribution in [2.45, 2.75) is 22.9 Å². The van der Waals surface area contributed by atoms with E-state index < -0.39 is 46.7 Å². The van der Waals surface area contributed by atoms with Gasteiger partial charge in [-0.15, -0.1) is 0 Å². The molecule has 0 aromatic heterocycles. The summed E-state index contributed by atoms with van der Waals surface area (Å²) in [5, 5.41) is 5.76. The van der Waals surface area contributed by atoms with Crippen molar-refractivity contribution >= 4 is 23.8 Å². The Hall–Kier alpha value is -5.24. The van der Waals surface area contributed by atoms with Crippen LogP contribution in [0.25, 0.3) is 0 Å². The van der Waals surface area contributed by atoms with Crippen molar-refractivity contribution in [3.63, 3.8) is 0 Å². The first-order valence-corrected chi connectivity index (χ1v) is 13.4. The van der Waals surface area contributed by atoms with Gasteiger partial charge in [0, 0.05) is 23.0 Å². The van der Waals surface area contributed by atoms with Crippen molar-refractivity contribution in [2.24, 2.45) is 0 Å². The van der Waals surface area contributed by atoms with E-state index in [2.05, 4.69) is 10.6 Å². The van der Waals surface area contributed by atoms with Crippen molar-refractivity contribution in [2.75, 3.05) is 14.2 Å². The van der Waals surface area contributed by atoms with E-state index in [-0.39, 0.29) is 11.1 Å². The number of amides is 2. The molecule has 0 radical (unpaired) electrons. The van der Waals surface area contributed by atoms with Gasteiger partial charge in [0.15, 0.2) is 11.1 Å². The van der Waals surface area contributed by atoms with Crippen LogP contribution in [0.15, 0.2) is 121 Å². The zero-order valence-corrected chi connectivity index (χ0v) is 23.2. The molecule has 5 rings (SSSR count). The fourth-order valence-electron chi connectivity index (χ4n) is 6.13. The number of benzene rings is 4. The first kappa shape index (κ1) is 28.3. The average Bonchev–Trinajstić information content (AvgIpc) is 3.05. The number of hydrogen-bond acceptors (Lipinski definition) is 6. The third-order valence-electron chi connectivity index (χ3n) is 7.91. The Morgan fingerprint density at radius 1 is 0.500 bits per heavy atom. The van der Waals surface area contributed by atoms with Gasteiger partial charge in [0.25, 0.3) is 11.8 Å². The second-order valence-electron chi connectivity index (χ2n) is 10.0. The lowest BCUT2D eigenvalue weighted by molar-refractivity contribution is -0.181. The predicted molar refractivity (Wildman–Crippen MR) is 156 cm³/mol. The second kappa shape index (κ2) is 11.7. The van der Waals surface area contributed by atoms with E-state index in [1.165, 1.54) is 14.2 Å². The molecule has 0 saturated heterocycles. The lowest BCUT2D eigenvalue weighted by atomic mass is 9.42. The molecule has 8 heteroatoms. The minimum absolute atomic E-state index is 0.254. The van der Waals surface area contributed by atoms with Crippen LogP contribution in [0.1, 0.15) is 43.7 Å². The summed E-state index contributed by atoms with van der Waals surface area (Å²) in [4.78, 5) is 56.1. The maximum absolute atomic E-state index is 14.2. The zero-order chi connectivity index (χ0) is 29.7. The molecular weight excluding hydrogens is 532 g/mol. The van der Waals surface area contributed by atoms with Crippen LogP contribution in [0, 0.1) is 0 Å². The first-order chi connectivity index (χ1) is 20.4. The zero-order valence-electron chi connectivity index (χ0n) is 23.2. The summed E-state index contributed by atoms with van der Waals surface area (Å²) < 4.78 is 10.7. The number of carbonyl (C=O) groups excluding carboxylic acids is 4. The standard InChI is InChI=1S/C34H30N2O6/c1-41-31(39)33(35-29(37)25-19-11-5-12-20-25)27(23-15-7-3-8-16-23)28(24-17-9-4-10-18-24)34(33,32(40)42-2)36-30(38)26-21-13-6-14-22-26/h3-22,27-28H,1-2H3,(H,35,37)(H,36,38). The maximum atomic E-state index is 14.2. The molecule has 0 spiro atoms. The molecule has 4 aromatic rings. The second-order valence-corrected chi connectivity index (χ2v) is 10.0. The first-order valence-electron chi connectivity index (χ1n) is 13.4. The van der Waals surface area contributed by atoms with Crippen molar-refractivity contribution < 1.29 is 28.7 Å². The summed E-state index contributed by atoms with van der Waals surface area (Å²) in [6.45, 7) is 0. The monoisotopic (exact) mass is 562 g/mol. The largest absolute Gasteiger partial charge is 0.467 e. The van der Waals surface area contributed by atoms with Crippen molar-refractivity contribution in [3.8, 4) is 0 Å². The predicted octanol–water partition coefficient (Wildman–Crippen LogP) is 4.25. The van der Waals surface area contributed by atoms with Gasteiger partial charge < -0.3 is 20.1 Å². The molecule has 4 aromatic carbocycles. The fourth-order valence-corrected chi connectivity index (χ4v) is 6.13.